The Bertz CT molecular complexity index is 483. The number of nitrogens with zero attached hydrogens (tertiary/aromatic N) is 1. The van der Waals surface area contributed by atoms with Gasteiger partial charge in [-0.2, -0.15) is 0 Å². The van der Waals surface area contributed by atoms with E-state index in [1.165, 1.54) is 10.0 Å². The molecule has 0 amide bonds. The highest BCUT2D eigenvalue weighted by atomic mass is 79.9. The molecule has 0 N–H and O–H groups in total. The number of likely N-dealkylation sites (N-methyl/N-ethyl adjacent to an activating group) is 1. The Morgan fingerprint density at radius 1 is 1.30 bits per heavy atom. The number of hydrogen-bond donors (Lipinski definition) is 0. The molecule has 0 bridgehead atoms. The summed E-state index contributed by atoms with van der Waals surface area (Å²) in [6, 6.07) is 10.7. The van der Waals surface area contributed by atoms with Crippen LogP contribution in [0.15, 0.2) is 53.0 Å². The van der Waals surface area contributed by atoms with Crippen molar-refractivity contribution in [3.63, 3.8) is 0 Å². The second-order valence-electron chi connectivity index (χ2n) is 5.29. The minimum absolute atomic E-state index is 0.0920. The fourth-order valence-corrected chi connectivity index (χ4v) is 3.06. The van der Waals surface area contributed by atoms with E-state index in [9.17, 15) is 0 Å². The first kappa shape index (κ1) is 15.5. The van der Waals surface area contributed by atoms with Crippen LogP contribution in [0.3, 0.4) is 0 Å². The van der Waals surface area contributed by atoms with Crippen LogP contribution < -0.4 is 0 Å². The molecular formula is C17H22BrNO. The minimum Gasteiger partial charge on any atom is -0.375 e. The first-order valence-corrected chi connectivity index (χ1v) is 7.74. The van der Waals surface area contributed by atoms with Crippen molar-refractivity contribution in [1.29, 1.82) is 0 Å². The second-order valence-corrected chi connectivity index (χ2v) is 6.21. The molecule has 0 saturated heterocycles. The van der Waals surface area contributed by atoms with Gasteiger partial charge in [0.1, 0.15) is 0 Å². The lowest BCUT2D eigenvalue weighted by molar-refractivity contribution is 0.0283. The number of methoxy groups -OCH3 is 1. The van der Waals surface area contributed by atoms with Gasteiger partial charge in [-0.25, -0.2) is 0 Å². The first-order chi connectivity index (χ1) is 9.63. The maximum atomic E-state index is 5.72. The maximum Gasteiger partial charge on any atom is 0.0973 e. The van der Waals surface area contributed by atoms with E-state index in [1.807, 2.05) is 6.07 Å². The molecule has 108 valence electrons. The average molecular weight is 336 g/mol. The van der Waals surface area contributed by atoms with Crippen LogP contribution in [0.1, 0.15) is 18.6 Å². The molecule has 0 heterocycles. The Kier molecular flexibility index (Phi) is 5.58. The van der Waals surface area contributed by atoms with Crippen LogP contribution in [0.25, 0.3) is 0 Å². The molecule has 0 fully saturated rings. The number of rotatable bonds is 6. The zero-order valence-corrected chi connectivity index (χ0v) is 13.9. The fraction of sp³-hybridized carbons (Fsp3) is 0.412. The molecular weight excluding hydrogens is 314 g/mol. The molecule has 1 unspecified atom stereocenters. The van der Waals surface area contributed by atoms with Crippen LogP contribution in [0.4, 0.5) is 0 Å². The van der Waals surface area contributed by atoms with Gasteiger partial charge in [0.25, 0.3) is 0 Å². The molecule has 2 nitrogen and oxygen atoms in total. The quantitative estimate of drug-likeness (QED) is 0.773. The molecule has 20 heavy (non-hydrogen) atoms. The second kappa shape index (κ2) is 7.21. The lowest BCUT2D eigenvalue weighted by Crippen LogP contribution is -2.38. The topological polar surface area (TPSA) is 12.5 Å². The summed E-state index contributed by atoms with van der Waals surface area (Å²) in [5.41, 5.74) is 1.23. The number of ether oxygens (including phenoxy) is 1. The van der Waals surface area contributed by atoms with Gasteiger partial charge in [0.15, 0.2) is 0 Å². The third-order valence-electron chi connectivity index (χ3n) is 3.95. The zero-order chi connectivity index (χ0) is 14.5. The van der Waals surface area contributed by atoms with Crippen LogP contribution in [0, 0.1) is 5.92 Å². The van der Waals surface area contributed by atoms with Crippen molar-refractivity contribution in [2.45, 2.75) is 19.1 Å². The number of benzene rings is 1. The van der Waals surface area contributed by atoms with E-state index >= 15 is 0 Å². The van der Waals surface area contributed by atoms with Crippen molar-refractivity contribution in [2.24, 2.45) is 5.92 Å². The van der Waals surface area contributed by atoms with E-state index in [2.05, 4.69) is 77.3 Å². The minimum atomic E-state index is 0.0920. The molecule has 1 aliphatic carbocycles. The molecule has 0 saturated carbocycles. The van der Waals surface area contributed by atoms with Crippen molar-refractivity contribution < 1.29 is 4.74 Å². The van der Waals surface area contributed by atoms with E-state index in [0.717, 1.165) is 6.54 Å². The predicted octanol–water partition coefficient (Wildman–Crippen LogP) is 4.16. The molecule has 1 aliphatic rings. The van der Waals surface area contributed by atoms with E-state index < -0.39 is 0 Å². The molecule has 0 aliphatic heterocycles. The number of hydrogen-bond acceptors (Lipinski definition) is 2. The summed E-state index contributed by atoms with van der Waals surface area (Å²) in [6.07, 6.45) is 6.55. The summed E-state index contributed by atoms with van der Waals surface area (Å²) in [5, 5.41) is 0. The summed E-state index contributed by atoms with van der Waals surface area (Å²) in [4.78, 5) is 2.36. The van der Waals surface area contributed by atoms with E-state index in [0.29, 0.717) is 12.0 Å². The summed E-state index contributed by atoms with van der Waals surface area (Å²) in [6.45, 7) is 3.21. The van der Waals surface area contributed by atoms with Gasteiger partial charge < -0.3 is 4.74 Å². The molecule has 0 aromatic heterocycles. The predicted molar refractivity (Wildman–Crippen MR) is 87.9 cm³/mol. The molecule has 0 radical (unpaired) electrons. The molecule has 2 rings (SSSR count). The Morgan fingerprint density at radius 2 is 2.00 bits per heavy atom. The smallest absolute Gasteiger partial charge is 0.0973 e. The molecule has 0 spiro atoms. The standard InChI is InChI=1S/C17H22BrNO/c1-13(17(20-3)14-8-5-4-6-9-14)19(2)12-15-10-7-11-16(15)18/h4-11,13,15,17H,12H2,1-3H3/t13-,15?,17-/m0/s1. The van der Waals surface area contributed by atoms with Gasteiger partial charge in [-0.15, -0.1) is 0 Å². The largest absolute Gasteiger partial charge is 0.375 e. The highest BCUT2D eigenvalue weighted by Gasteiger charge is 2.25. The van der Waals surface area contributed by atoms with Crippen molar-refractivity contribution in [2.75, 3.05) is 20.7 Å². The Balaban J connectivity index is 2.03. The molecule has 1 aromatic carbocycles. The zero-order valence-electron chi connectivity index (χ0n) is 12.3. The SMILES string of the molecule is CO[C@H](c1ccccc1)[C@H](C)N(C)CC1C=CC=C1Br. The highest BCUT2D eigenvalue weighted by molar-refractivity contribution is 9.11. The van der Waals surface area contributed by atoms with Gasteiger partial charge in [0, 0.05) is 30.1 Å². The first-order valence-electron chi connectivity index (χ1n) is 6.95. The van der Waals surface area contributed by atoms with Gasteiger partial charge in [-0.1, -0.05) is 64.5 Å². The van der Waals surface area contributed by atoms with Crippen LogP contribution in [0.2, 0.25) is 0 Å². The van der Waals surface area contributed by atoms with E-state index in [1.54, 1.807) is 7.11 Å². The number of halogens is 1. The van der Waals surface area contributed by atoms with Crippen molar-refractivity contribution >= 4 is 15.9 Å². The summed E-state index contributed by atoms with van der Waals surface area (Å²) in [7, 11) is 3.94. The average Bonchev–Trinajstić information content (AvgIpc) is 2.86. The summed E-state index contributed by atoms with van der Waals surface area (Å²) < 4.78 is 6.98. The van der Waals surface area contributed by atoms with Crippen molar-refractivity contribution in [1.82, 2.24) is 4.90 Å². The van der Waals surface area contributed by atoms with Gasteiger partial charge in [-0.05, 0) is 19.5 Å². The van der Waals surface area contributed by atoms with E-state index in [4.69, 9.17) is 4.74 Å². The molecule has 1 aromatic rings. The van der Waals surface area contributed by atoms with Gasteiger partial charge in [0.2, 0.25) is 0 Å². The lowest BCUT2D eigenvalue weighted by atomic mass is 10.0. The van der Waals surface area contributed by atoms with Gasteiger partial charge in [0.05, 0.1) is 6.10 Å². The van der Waals surface area contributed by atoms with Crippen molar-refractivity contribution in [3.05, 3.63) is 58.6 Å². The monoisotopic (exact) mass is 335 g/mol. The Hall–Kier alpha value is -0.900. The fourth-order valence-electron chi connectivity index (χ4n) is 2.61. The lowest BCUT2D eigenvalue weighted by Gasteiger charge is -2.32. The van der Waals surface area contributed by atoms with Crippen LogP contribution in [-0.2, 0) is 4.74 Å². The van der Waals surface area contributed by atoms with Gasteiger partial charge >= 0.3 is 0 Å². The summed E-state index contributed by atoms with van der Waals surface area (Å²) >= 11 is 3.62. The number of allylic oxidation sites excluding steroid dienone is 2. The molecule has 3 heteroatoms. The normalized spacial score (nSPS) is 21.1. The van der Waals surface area contributed by atoms with Crippen LogP contribution in [-0.4, -0.2) is 31.6 Å². The highest BCUT2D eigenvalue weighted by Crippen LogP contribution is 2.28. The maximum absolute atomic E-state index is 5.72. The third kappa shape index (κ3) is 3.60. The Labute approximate surface area is 130 Å². The Morgan fingerprint density at radius 3 is 2.55 bits per heavy atom. The third-order valence-corrected chi connectivity index (χ3v) is 4.81. The van der Waals surface area contributed by atoms with Crippen molar-refractivity contribution in [3.8, 4) is 0 Å². The molecule has 3 atom stereocenters. The van der Waals surface area contributed by atoms with Gasteiger partial charge in [-0.3, -0.25) is 4.90 Å². The van der Waals surface area contributed by atoms with E-state index in [-0.39, 0.29) is 6.10 Å². The van der Waals surface area contributed by atoms with Crippen LogP contribution >= 0.6 is 15.9 Å². The van der Waals surface area contributed by atoms with Crippen LogP contribution in [0.5, 0.6) is 0 Å². The summed E-state index contributed by atoms with van der Waals surface area (Å²) in [5.74, 6) is 0.454.